The number of aromatic nitrogens is 4. The molecule has 0 unspecified atom stereocenters. The zero-order valence-corrected chi connectivity index (χ0v) is 15.3. The summed E-state index contributed by atoms with van der Waals surface area (Å²) in [7, 11) is 0. The number of nitrogens with one attached hydrogen (secondary N) is 1. The van der Waals surface area contributed by atoms with E-state index in [2.05, 4.69) is 31.0 Å². The lowest BCUT2D eigenvalue weighted by molar-refractivity contribution is 0.124. The summed E-state index contributed by atoms with van der Waals surface area (Å²) in [5.74, 6) is 0. The molecule has 0 spiro atoms. The molecule has 4 heterocycles. The predicted octanol–water partition coefficient (Wildman–Crippen LogP) is 3.77. The van der Waals surface area contributed by atoms with Crippen molar-refractivity contribution in [3.8, 4) is 22.5 Å². The molecule has 4 aromatic rings. The Morgan fingerprint density at radius 2 is 2.07 bits per heavy atom. The second kappa shape index (κ2) is 7.09. The van der Waals surface area contributed by atoms with Crippen LogP contribution in [0.2, 0.25) is 0 Å². The molecule has 7 heteroatoms. The Morgan fingerprint density at radius 1 is 1.11 bits per heavy atom. The number of pyridine rings is 2. The quantitative estimate of drug-likeness (QED) is 0.564. The van der Waals surface area contributed by atoms with Gasteiger partial charge in [-0.2, -0.15) is 0 Å². The number of aliphatic hydroxyl groups is 1. The third kappa shape index (κ3) is 3.25. The first-order valence-electron chi connectivity index (χ1n) is 9.54. The highest BCUT2D eigenvalue weighted by Gasteiger charge is 2.20. The summed E-state index contributed by atoms with van der Waals surface area (Å²) >= 11 is 0. The molecule has 0 amide bonds. The SMILES string of the molecule is O[C@@H]1CCC[C@@H](Nc2ccc3ncc(-c4ccnc(-c5cnoc5)c4)n3c2)C1. The molecule has 7 nitrogen and oxygen atoms in total. The number of hydrogen-bond acceptors (Lipinski definition) is 6. The van der Waals surface area contributed by atoms with Crippen molar-refractivity contribution in [1.82, 2.24) is 19.5 Å². The molecule has 1 aliphatic rings. The Labute approximate surface area is 162 Å². The van der Waals surface area contributed by atoms with Gasteiger partial charge in [-0.15, -0.1) is 0 Å². The van der Waals surface area contributed by atoms with Crippen LogP contribution in [0.3, 0.4) is 0 Å². The molecular formula is C21H21N5O2. The van der Waals surface area contributed by atoms with Crippen LogP contribution in [-0.2, 0) is 0 Å². The van der Waals surface area contributed by atoms with E-state index in [9.17, 15) is 5.11 Å². The number of nitrogens with zero attached hydrogens (tertiary/aromatic N) is 4. The smallest absolute Gasteiger partial charge is 0.137 e. The van der Waals surface area contributed by atoms with E-state index in [1.54, 1.807) is 18.7 Å². The maximum Gasteiger partial charge on any atom is 0.137 e. The summed E-state index contributed by atoms with van der Waals surface area (Å²) in [4.78, 5) is 8.94. The van der Waals surface area contributed by atoms with Gasteiger partial charge in [0.2, 0.25) is 0 Å². The molecule has 142 valence electrons. The lowest BCUT2D eigenvalue weighted by atomic mass is 9.93. The summed E-state index contributed by atoms with van der Waals surface area (Å²) in [6.45, 7) is 0. The van der Waals surface area contributed by atoms with Crippen LogP contribution in [0, 0.1) is 0 Å². The van der Waals surface area contributed by atoms with Gasteiger partial charge in [-0.25, -0.2) is 4.98 Å². The van der Waals surface area contributed by atoms with E-state index in [-0.39, 0.29) is 6.10 Å². The Kier molecular flexibility index (Phi) is 4.29. The zero-order chi connectivity index (χ0) is 18.9. The largest absolute Gasteiger partial charge is 0.393 e. The Balaban J connectivity index is 1.48. The molecule has 0 saturated heterocycles. The number of fused-ring (bicyclic) bond motifs is 1. The fourth-order valence-corrected chi connectivity index (χ4v) is 3.89. The minimum Gasteiger partial charge on any atom is -0.393 e. The van der Waals surface area contributed by atoms with E-state index in [4.69, 9.17) is 4.52 Å². The third-order valence-corrected chi connectivity index (χ3v) is 5.31. The van der Waals surface area contributed by atoms with Crippen molar-refractivity contribution in [3.05, 3.63) is 55.3 Å². The third-order valence-electron chi connectivity index (χ3n) is 5.31. The Morgan fingerprint density at radius 3 is 2.93 bits per heavy atom. The number of rotatable bonds is 4. The molecule has 5 rings (SSSR count). The van der Waals surface area contributed by atoms with Crippen molar-refractivity contribution in [1.29, 1.82) is 0 Å². The fraction of sp³-hybridized carbons (Fsp3) is 0.286. The average Bonchev–Trinajstić information content (AvgIpc) is 3.38. The summed E-state index contributed by atoms with van der Waals surface area (Å²) in [5.41, 5.74) is 5.56. The van der Waals surface area contributed by atoms with Gasteiger partial charge in [0.25, 0.3) is 0 Å². The van der Waals surface area contributed by atoms with Crippen molar-refractivity contribution >= 4 is 11.3 Å². The molecule has 0 bridgehead atoms. The standard InChI is InChI=1S/C21H21N5O2/c27-18-3-1-2-16(9-18)25-17-4-5-21-23-11-20(26(21)12-17)14-6-7-22-19(8-14)15-10-24-28-13-15/h4-8,10-13,16,18,25,27H,1-3,9H2/t16-,18-/m1/s1. The summed E-state index contributed by atoms with van der Waals surface area (Å²) in [6.07, 6.45) is 12.6. The average molecular weight is 375 g/mol. The van der Waals surface area contributed by atoms with Gasteiger partial charge in [0.05, 0.1) is 41.1 Å². The molecule has 4 aromatic heterocycles. The maximum atomic E-state index is 9.92. The van der Waals surface area contributed by atoms with Crippen LogP contribution < -0.4 is 5.32 Å². The first-order valence-corrected chi connectivity index (χ1v) is 9.54. The molecule has 0 aromatic carbocycles. The fourth-order valence-electron chi connectivity index (χ4n) is 3.89. The summed E-state index contributed by atoms with van der Waals surface area (Å²) in [6, 6.07) is 8.33. The van der Waals surface area contributed by atoms with E-state index in [0.29, 0.717) is 6.04 Å². The summed E-state index contributed by atoms with van der Waals surface area (Å²) in [5, 5.41) is 17.2. The number of hydrogen-bond donors (Lipinski definition) is 2. The highest BCUT2D eigenvalue weighted by atomic mass is 16.5. The second-order valence-corrected chi connectivity index (χ2v) is 7.29. The van der Waals surface area contributed by atoms with E-state index < -0.39 is 0 Å². The van der Waals surface area contributed by atoms with Gasteiger partial charge in [0.15, 0.2) is 0 Å². The van der Waals surface area contributed by atoms with Crippen molar-refractivity contribution < 1.29 is 9.63 Å². The Hall–Kier alpha value is -3.19. The molecule has 2 N–H and O–H groups in total. The molecule has 0 radical (unpaired) electrons. The van der Waals surface area contributed by atoms with Crippen LogP contribution in [-0.4, -0.2) is 36.8 Å². The minimum absolute atomic E-state index is 0.202. The van der Waals surface area contributed by atoms with E-state index in [1.165, 1.54) is 0 Å². The van der Waals surface area contributed by atoms with Gasteiger partial charge in [0.1, 0.15) is 11.9 Å². The monoisotopic (exact) mass is 375 g/mol. The first-order chi connectivity index (χ1) is 13.8. The van der Waals surface area contributed by atoms with Crippen molar-refractivity contribution in [2.45, 2.75) is 37.8 Å². The molecule has 1 saturated carbocycles. The highest BCUT2D eigenvalue weighted by molar-refractivity contribution is 5.70. The van der Waals surface area contributed by atoms with Gasteiger partial charge in [-0.3, -0.25) is 9.38 Å². The molecule has 0 aliphatic heterocycles. The van der Waals surface area contributed by atoms with Crippen LogP contribution in [0.5, 0.6) is 0 Å². The van der Waals surface area contributed by atoms with Crippen LogP contribution in [0.4, 0.5) is 5.69 Å². The lowest BCUT2D eigenvalue weighted by Gasteiger charge is -2.27. The Bertz CT molecular complexity index is 1090. The van der Waals surface area contributed by atoms with Gasteiger partial charge in [-0.1, -0.05) is 5.16 Å². The normalized spacial score (nSPS) is 19.8. The van der Waals surface area contributed by atoms with Crippen LogP contribution in [0.15, 0.2) is 59.8 Å². The van der Waals surface area contributed by atoms with Gasteiger partial charge < -0.3 is 14.9 Å². The van der Waals surface area contributed by atoms with Crippen LogP contribution in [0.25, 0.3) is 28.2 Å². The van der Waals surface area contributed by atoms with Gasteiger partial charge in [0, 0.05) is 24.0 Å². The predicted molar refractivity (Wildman–Crippen MR) is 106 cm³/mol. The van der Waals surface area contributed by atoms with Crippen LogP contribution in [0.1, 0.15) is 25.7 Å². The van der Waals surface area contributed by atoms with E-state index in [1.807, 2.05) is 30.5 Å². The second-order valence-electron chi connectivity index (χ2n) is 7.29. The lowest BCUT2D eigenvalue weighted by Crippen LogP contribution is -2.29. The number of aliphatic hydroxyl groups excluding tert-OH is 1. The number of imidazole rings is 1. The topological polar surface area (TPSA) is 88.5 Å². The highest BCUT2D eigenvalue weighted by Crippen LogP contribution is 2.27. The molecule has 1 fully saturated rings. The first kappa shape index (κ1) is 16.9. The molecule has 28 heavy (non-hydrogen) atoms. The summed E-state index contributed by atoms with van der Waals surface area (Å²) < 4.78 is 7.01. The van der Waals surface area contributed by atoms with E-state index >= 15 is 0 Å². The zero-order valence-electron chi connectivity index (χ0n) is 15.3. The maximum absolute atomic E-state index is 9.92. The number of anilines is 1. The molecule has 2 atom stereocenters. The molecule has 1 aliphatic carbocycles. The van der Waals surface area contributed by atoms with Crippen molar-refractivity contribution in [2.75, 3.05) is 5.32 Å². The van der Waals surface area contributed by atoms with Gasteiger partial charge >= 0.3 is 0 Å². The van der Waals surface area contributed by atoms with Crippen molar-refractivity contribution in [3.63, 3.8) is 0 Å². The van der Waals surface area contributed by atoms with Crippen LogP contribution >= 0.6 is 0 Å². The molecular weight excluding hydrogens is 354 g/mol. The minimum atomic E-state index is -0.202. The van der Waals surface area contributed by atoms with Gasteiger partial charge in [-0.05, 0) is 49.9 Å². The van der Waals surface area contributed by atoms with Crippen molar-refractivity contribution in [2.24, 2.45) is 0 Å². The van der Waals surface area contributed by atoms with E-state index in [0.717, 1.165) is 59.5 Å².